The summed E-state index contributed by atoms with van der Waals surface area (Å²) in [6.07, 6.45) is 2.38. The second kappa shape index (κ2) is 4.17. The van der Waals surface area contributed by atoms with Gasteiger partial charge in [0.2, 0.25) is 0 Å². The van der Waals surface area contributed by atoms with Crippen molar-refractivity contribution in [3.05, 3.63) is 29.8 Å². The van der Waals surface area contributed by atoms with Gasteiger partial charge in [-0.3, -0.25) is 0 Å². The van der Waals surface area contributed by atoms with E-state index in [4.69, 9.17) is 12.2 Å². The van der Waals surface area contributed by atoms with Gasteiger partial charge >= 0.3 is 0 Å². The summed E-state index contributed by atoms with van der Waals surface area (Å²) >= 11 is 5.61. The molecule has 1 nitrogen and oxygen atoms in total. The first-order chi connectivity index (χ1) is 7.50. The summed E-state index contributed by atoms with van der Waals surface area (Å²) in [4.78, 5) is 3.37. The van der Waals surface area contributed by atoms with Gasteiger partial charge in [0.1, 0.15) is 0 Å². The Morgan fingerprint density at radius 2 is 1.94 bits per heavy atom. The van der Waals surface area contributed by atoms with Crippen LogP contribution in [0.3, 0.4) is 0 Å². The second-order valence-electron chi connectivity index (χ2n) is 5.44. The zero-order chi connectivity index (χ0) is 11.8. The van der Waals surface area contributed by atoms with E-state index in [0.717, 1.165) is 11.5 Å². The van der Waals surface area contributed by atoms with Crippen molar-refractivity contribution < 1.29 is 0 Å². The molecule has 0 bridgehead atoms. The Bertz CT molecular complexity index is 403. The van der Waals surface area contributed by atoms with Crippen molar-refractivity contribution >= 4 is 22.9 Å². The standard InChI is InChI=1S/C14H19NS/c1-14(2,3)13(16)15-10-6-8-11-7-4-5-9-12(11)15/h4-5,7,9H,6,8,10H2,1-3H3. The molecule has 86 valence electrons. The maximum atomic E-state index is 5.61. The quantitative estimate of drug-likeness (QED) is 0.627. The Morgan fingerprint density at radius 3 is 2.62 bits per heavy atom. The van der Waals surface area contributed by atoms with Crippen molar-refractivity contribution in [3.8, 4) is 0 Å². The Labute approximate surface area is 103 Å². The number of nitrogens with zero attached hydrogens (tertiary/aromatic N) is 1. The van der Waals surface area contributed by atoms with Crippen LogP contribution in [0.15, 0.2) is 24.3 Å². The van der Waals surface area contributed by atoms with Crippen LogP contribution in [0.2, 0.25) is 0 Å². The number of para-hydroxylation sites is 1. The van der Waals surface area contributed by atoms with Crippen LogP contribution in [-0.4, -0.2) is 11.5 Å². The molecule has 0 saturated carbocycles. The van der Waals surface area contributed by atoms with Crippen LogP contribution >= 0.6 is 12.2 Å². The highest BCUT2D eigenvalue weighted by Gasteiger charge is 2.27. The van der Waals surface area contributed by atoms with E-state index in [0.29, 0.717) is 0 Å². The van der Waals surface area contributed by atoms with Crippen molar-refractivity contribution in [1.29, 1.82) is 0 Å². The molecule has 0 spiro atoms. The average molecular weight is 233 g/mol. The van der Waals surface area contributed by atoms with Gasteiger partial charge in [-0.05, 0) is 24.5 Å². The summed E-state index contributed by atoms with van der Waals surface area (Å²) in [6.45, 7) is 7.62. The molecule has 0 saturated heterocycles. The Balaban J connectivity index is 2.36. The van der Waals surface area contributed by atoms with Gasteiger partial charge in [0.15, 0.2) is 0 Å². The minimum atomic E-state index is 0.0692. The van der Waals surface area contributed by atoms with Gasteiger partial charge in [-0.1, -0.05) is 51.2 Å². The molecule has 2 rings (SSSR count). The maximum Gasteiger partial charge on any atom is 0.0878 e. The first-order valence-corrected chi connectivity index (χ1v) is 6.31. The minimum Gasteiger partial charge on any atom is -0.335 e. The molecule has 0 unspecified atom stereocenters. The lowest BCUT2D eigenvalue weighted by atomic mass is 9.93. The first kappa shape index (κ1) is 11.6. The predicted octanol–water partition coefficient (Wildman–Crippen LogP) is 3.81. The monoisotopic (exact) mass is 233 g/mol. The van der Waals surface area contributed by atoms with Crippen molar-refractivity contribution in [2.75, 3.05) is 11.4 Å². The number of thiocarbonyl (C=S) groups is 1. The first-order valence-electron chi connectivity index (χ1n) is 5.90. The fourth-order valence-electron chi connectivity index (χ4n) is 2.15. The average Bonchev–Trinajstić information content (AvgIpc) is 2.26. The highest BCUT2D eigenvalue weighted by Crippen LogP contribution is 2.31. The highest BCUT2D eigenvalue weighted by atomic mass is 32.1. The van der Waals surface area contributed by atoms with Crippen LogP contribution in [-0.2, 0) is 6.42 Å². The number of hydrogen-bond donors (Lipinski definition) is 0. The fourth-order valence-corrected chi connectivity index (χ4v) is 2.34. The lowest BCUT2D eigenvalue weighted by Crippen LogP contribution is -2.41. The SMILES string of the molecule is CC(C)(C)C(=S)N1CCCc2ccccc21. The highest BCUT2D eigenvalue weighted by molar-refractivity contribution is 7.80. The Kier molecular flexibility index (Phi) is 3.02. The van der Waals surface area contributed by atoms with E-state index >= 15 is 0 Å². The molecule has 1 aromatic carbocycles. The molecule has 0 amide bonds. The van der Waals surface area contributed by atoms with Gasteiger partial charge in [0.05, 0.1) is 4.99 Å². The number of benzene rings is 1. The molecule has 1 heterocycles. The third-order valence-corrected chi connectivity index (χ3v) is 3.83. The molecule has 0 aliphatic carbocycles. The number of fused-ring (bicyclic) bond motifs is 1. The molecule has 0 aromatic heterocycles. The topological polar surface area (TPSA) is 3.24 Å². The number of rotatable bonds is 0. The summed E-state index contributed by atoms with van der Waals surface area (Å²) < 4.78 is 0. The van der Waals surface area contributed by atoms with Crippen LogP contribution in [0.1, 0.15) is 32.8 Å². The molecular formula is C14H19NS. The summed E-state index contributed by atoms with van der Waals surface area (Å²) in [7, 11) is 0. The summed E-state index contributed by atoms with van der Waals surface area (Å²) in [5.74, 6) is 0. The van der Waals surface area contributed by atoms with E-state index in [1.54, 1.807) is 0 Å². The Hall–Kier alpha value is -0.890. The van der Waals surface area contributed by atoms with Crippen LogP contribution < -0.4 is 4.90 Å². The Morgan fingerprint density at radius 1 is 1.25 bits per heavy atom. The molecule has 1 aliphatic heterocycles. The lowest BCUT2D eigenvalue weighted by Gasteiger charge is -2.36. The van der Waals surface area contributed by atoms with Crippen LogP contribution in [0, 0.1) is 5.41 Å². The zero-order valence-corrected chi connectivity index (χ0v) is 11.1. The molecule has 0 fully saturated rings. The van der Waals surface area contributed by atoms with Gasteiger partial charge in [-0.15, -0.1) is 0 Å². The number of aryl methyl sites for hydroxylation is 1. The van der Waals surface area contributed by atoms with Crippen molar-refractivity contribution in [1.82, 2.24) is 0 Å². The van der Waals surface area contributed by atoms with E-state index in [9.17, 15) is 0 Å². The van der Waals surface area contributed by atoms with Crippen molar-refractivity contribution in [2.24, 2.45) is 5.41 Å². The third kappa shape index (κ3) is 2.12. The summed E-state index contributed by atoms with van der Waals surface area (Å²) in [6, 6.07) is 8.62. The molecule has 1 aliphatic rings. The van der Waals surface area contributed by atoms with E-state index in [1.807, 2.05) is 0 Å². The van der Waals surface area contributed by atoms with Crippen LogP contribution in [0.4, 0.5) is 5.69 Å². The van der Waals surface area contributed by atoms with E-state index in [1.165, 1.54) is 24.1 Å². The van der Waals surface area contributed by atoms with E-state index in [2.05, 4.69) is 49.9 Å². The van der Waals surface area contributed by atoms with Gasteiger partial charge in [0.25, 0.3) is 0 Å². The maximum absolute atomic E-state index is 5.61. The fraction of sp³-hybridized carbons (Fsp3) is 0.500. The van der Waals surface area contributed by atoms with Crippen molar-refractivity contribution in [2.45, 2.75) is 33.6 Å². The molecular weight excluding hydrogens is 214 g/mol. The molecule has 0 atom stereocenters. The third-order valence-electron chi connectivity index (χ3n) is 3.00. The largest absolute Gasteiger partial charge is 0.335 e. The van der Waals surface area contributed by atoms with E-state index < -0.39 is 0 Å². The van der Waals surface area contributed by atoms with Crippen molar-refractivity contribution in [3.63, 3.8) is 0 Å². The minimum absolute atomic E-state index is 0.0692. The van der Waals surface area contributed by atoms with E-state index in [-0.39, 0.29) is 5.41 Å². The molecule has 0 radical (unpaired) electrons. The second-order valence-corrected chi connectivity index (χ2v) is 5.83. The lowest BCUT2D eigenvalue weighted by molar-refractivity contribution is 0.582. The molecule has 1 aromatic rings. The van der Waals surface area contributed by atoms with Gasteiger partial charge in [0, 0.05) is 17.6 Å². The number of anilines is 1. The summed E-state index contributed by atoms with van der Waals surface area (Å²) in [5.41, 5.74) is 2.81. The molecule has 16 heavy (non-hydrogen) atoms. The smallest absolute Gasteiger partial charge is 0.0878 e. The van der Waals surface area contributed by atoms with Gasteiger partial charge in [-0.25, -0.2) is 0 Å². The van der Waals surface area contributed by atoms with Crippen LogP contribution in [0.25, 0.3) is 0 Å². The molecule has 0 N–H and O–H groups in total. The predicted molar refractivity (Wildman–Crippen MR) is 74.2 cm³/mol. The zero-order valence-electron chi connectivity index (χ0n) is 10.3. The normalized spacial score (nSPS) is 15.8. The van der Waals surface area contributed by atoms with Gasteiger partial charge < -0.3 is 4.90 Å². The summed E-state index contributed by atoms with van der Waals surface area (Å²) in [5, 5.41) is 0. The van der Waals surface area contributed by atoms with Crippen LogP contribution in [0.5, 0.6) is 0 Å². The number of hydrogen-bond acceptors (Lipinski definition) is 1. The molecule has 2 heteroatoms. The van der Waals surface area contributed by atoms with Gasteiger partial charge in [-0.2, -0.15) is 0 Å².